The van der Waals surface area contributed by atoms with Crippen molar-refractivity contribution in [3.05, 3.63) is 36.4 Å². The first-order valence-electron chi connectivity index (χ1n) is 15.3. The Hall–Kier alpha value is -2.23. The smallest absolute Gasteiger partial charge is 0.305 e. The Morgan fingerprint density at radius 1 is 1.08 bits per heavy atom. The van der Waals surface area contributed by atoms with E-state index in [2.05, 4.69) is 49.7 Å². The molecule has 1 unspecified atom stereocenters. The van der Waals surface area contributed by atoms with Gasteiger partial charge in [-0.05, 0) is 89.5 Å². The lowest BCUT2D eigenvalue weighted by Crippen LogP contribution is -2.42. The molecule has 2 saturated heterocycles. The molecule has 2 aromatic rings. The zero-order valence-electron chi connectivity index (χ0n) is 24.5. The third kappa shape index (κ3) is 9.15. The molecule has 2 fully saturated rings. The topological polar surface area (TPSA) is 91.3 Å². The van der Waals surface area contributed by atoms with Crippen LogP contribution in [0.25, 0.3) is 0 Å². The van der Waals surface area contributed by atoms with E-state index in [0.29, 0.717) is 18.4 Å². The van der Waals surface area contributed by atoms with Gasteiger partial charge in [-0.15, -0.1) is 0 Å². The minimum atomic E-state index is -0.135. The number of likely N-dealkylation sites (tertiary alicyclic amines) is 2. The maximum atomic E-state index is 11.7. The van der Waals surface area contributed by atoms with Crippen LogP contribution in [-0.4, -0.2) is 87.7 Å². The van der Waals surface area contributed by atoms with Gasteiger partial charge in [0.2, 0.25) is 0 Å². The SMILES string of the molecule is CCOC(=O)CCCNC(Cc1ncc[nH]1)c1nccn1CCCCN1CCC2(CCN(CC(C)C)CC2)C1. The van der Waals surface area contributed by atoms with E-state index < -0.39 is 0 Å². The molecule has 1 atom stereocenters. The van der Waals surface area contributed by atoms with Gasteiger partial charge in [0.15, 0.2) is 0 Å². The highest BCUT2D eigenvalue weighted by atomic mass is 16.5. The average Bonchev–Trinajstić information content (AvgIpc) is 3.67. The van der Waals surface area contributed by atoms with Crippen molar-refractivity contribution in [2.75, 3.05) is 52.4 Å². The summed E-state index contributed by atoms with van der Waals surface area (Å²) in [5.41, 5.74) is 0.572. The van der Waals surface area contributed by atoms with Crippen molar-refractivity contribution in [3.63, 3.8) is 0 Å². The number of H-pyrrole nitrogens is 1. The summed E-state index contributed by atoms with van der Waals surface area (Å²) >= 11 is 0. The molecule has 2 N–H and O–H groups in total. The molecule has 0 bridgehead atoms. The number of hydrogen-bond acceptors (Lipinski definition) is 7. The molecule has 0 amide bonds. The van der Waals surface area contributed by atoms with E-state index in [1.165, 1.54) is 65.0 Å². The summed E-state index contributed by atoms with van der Waals surface area (Å²) in [6, 6.07) is 0.0355. The number of nitrogens with zero attached hydrogens (tertiary/aromatic N) is 5. The molecule has 218 valence electrons. The second-order valence-electron chi connectivity index (χ2n) is 12.1. The molecule has 2 aliphatic rings. The fraction of sp³-hybridized carbons (Fsp3) is 0.767. The molecule has 1 spiro atoms. The molecular weight excluding hydrogens is 490 g/mol. The van der Waals surface area contributed by atoms with Crippen LogP contribution in [0.15, 0.2) is 24.8 Å². The number of aromatic amines is 1. The number of piperidine rings is 1. The number of esters is 1. The predicted molar refractivity (Wildman–Crippen MR) is 154 cm³/mol. The third-order valence-corrected chi connectivity index (χ3v) is 8.45. The van der Waals surface area contributed by atoms with Crippen molar-refractivity contribution in [1.82, 2.24) is 34.6 Å². The van der Waals surface area contributed by atoms with E-state index in [-0.39, 0.29) is 12.0 Å². The molecule has 39 heavy (non-hydrogen) atoms. The van der Waals surface area contributed by atoms with Crippen LogP contribution >= 0.6 is 0 Å². The van der Waals surface area contributed by atoms with Gasteiger partial charge >= 0.3 is 5.97 Å². The first-order chi connectivity index (χ1) is 19.0. The highest BCUT2D eigenvalue weighted by Crippen LogP contribution is 2.40. The molecule has 0 saturated carbocycles. The first kappa shape index (κ1) is 29.7. The minimum absolute atomic E-state index is 0.0355. The largest absolute Gasteiger partial charge is 0.466 e. The first-order valence-corrected chi connectivity index (χ1v) is 15.3. The third-order valence-electron chi connectivity index (χ3n) is 8.45. The van der Waals surface area contributed by atoms with Crippen molar-refractivity contribution < 1.29 is 9.53 Å². The zero-order chi connectivity index (χ0) is 27.5. The van der Waals surface area contributed by atoms with Crippen LogP contribution in [0, 0.1) is 11.3 Å². The summed E-state index contributed by atoms with van der Waals surface area (Å²) in [6.45, 7) is 16.2. The number of hydrogen-bond donors (Lipinski definition) is 2. The van der Waals surface area contributed by atoms with Crippen LogP contribution in [0.5, 0.6) is 0 Å². The van der Waals surface area contributed by atoms with Gasteiger partial charge in [-0.25, -0.2) is 9.97 Å². The van der Waals surface area contributed by atoms with Crippen LogP contribution in [0.3, 0.4) is 0 Å². The van der Waals surface area contributed by atoms with Gasteiger partial charge in [-0.1, -0.05) is 13.8 Å². The lowest BCUT2D eigenvalue weighted by Gasteiger charge is -2.40. The predicted octanol–water partition coefficient (Wildman–Crippen LogP) is 4.05. The fourth-order valence-corrected chi connectivity index (χ4v) is 6.39. The Kier molecular flexibility index (Phi) is 11.4. The van der Waals surface area contributed by atoms with Gasteiger partial charge in [-0.2, -0.15) is 0 Å². The van der Waals surface area contributed by atoms with E-state index >= 15 is 0 Å². The van der Waals surface area contributed by atoms with Crippen molar-refractivity contribution in [2.45, 2.75) is 84.7 Å². The van der Waals surface area contributed by atoms with E-state index in [1.54, 1.807) is 6.20 Å². The quantitative estimate of drug-likeness (QED) is 0.245. The summed E-state index contributed by atoms with van der Waals surface area (Å²) in [7, 11) is 0. The van der Waals surface area contributed by atoms with Crippen molar-refractivity contribution in [1.29, 1.82) is 0 Å². The Morgan fingerprint density at radius 2 is 1.85 bits per heavy atom. The number of aryl methyl sites for hydroxylation is 1. The van der Waals surface area contributed by atoms with Gasteiger partial charge in [0, 0.05) is 57.3 Å². The van der Waals surface area contributed by atoms with E-state index in [9.17, 15) is 4.79 Å². The van der Waals surface area contributed by atoms with Gasteiger partial charge in [-0.3, -0.25) is 4.79 Å². The molecule has 0 aliphatic carbocycles. The number of nitrogens with one attached hydrogen (secondary N) is 2. The van der Waals surface area contributed by atoms with Gasteiger partial charge in [0.05, 0.1) is 12.6 Å². The monoisotopic (exact) mass is 541 g/mol. The zero-order valence-corrected chi connectivity index (χ0v) is 24.5. The minimum Gasteiger partial charge on any atom is -0.466 e. The van der Waals surface area contributed by atoms with Gasteiger partial charge < -0.3 is 29.4 Å². The Bertz CT molecular complexity index is 966. The van der Waals surface area contributed by atoms with Crippen molar-refractivity contribution in [2.24, 2.45) is 11.3 Å². The van der Waals surface area contributed by atoms with E-state index in [0.717, 1.165) is 49.9 Å². The number of rotatable bonds is 16. The van der Waals surface area contributed by atoms with Crippen molar-refractivity contribution >= 4 is 5.97 Å². The molecule has 9 heteroatoms. The van der Waals surface area contributed by atoms with Crippen LogP contribution in [0.1, 0.15) is 83.4 Å². The van der Waals surface area contributed by atoms with E-state index in [1.807, 2.05) is 19.3 Å². The lowest BCUT2D eigenvalue weighted by atomic mass is 9.77. The molecule has 4 heterocycles. The summed E-state index contributed by atoms with van der Waals surface area (Å²) in [5.74, 6) is 2.60. The molecule has 0 radical (unpaired) electrons. The molecule has 4 rings (SSSR count). The van der Waals surface area contributed by atoms with Crippen LogP contribution in [-0.2, 0) is 22.5 Å². The highest BCUT2D eigenvalue weighted by Gasteiger charge is 2.40. The van der Waals surface area contributed by atoms with Gasteiger partial charge in [0.1, 0.15) is 11.6 Å². The average molecular weight is 542 g/mol. The fourth-order valence-electron chi connectivity index (χ4n) is 6.39. The standard InChI is InChI=1S/C30H51N7O2/c1-4-39-28(38)8-7-12-31-26(22-27-32-13-14-33-27)29-34-15-21-37(29)17-6-5-16-36-20-11-30(24-36)9-18-35(19-10-30)23-25(2)3/h13-15,21,25-26,31H,4-12,16-20,22-24H2,1-3H3,(H,32,33). The van der Waals surface area contributed by atoms with E-state index in [4.69, 9.17) is 9.72 Å². The van der Waals surface area contributed by atoms with Gasteiger partial charge in [0.25, 0.3) is 0 Å². The van der Waals surface area contributed by atoms with Crippen LogP contribution in [0.4, 0.5) is 0 Å². The maximum Gasteiger partial charge on any atom is 0.305 e. The molecule has 2 aromatic heterocycles. The normalized spacial score (nSPS) is 18.8. The van der Waals surface area contributed by atoms with Crippen molar-refractivity contribution in [3.8, 4) is 0 Å². The highest BCUT2D eigenvalue weighted by molar-refractivity contribution is 5.69. The Morgan fingerprint density at radius 3 is 2.56 bits per heavy atom. The number of imidazole rings is 2. The summed E-state index contributed by atoms with van der Waals surface area (Å²) in [5, 5.41) is 3.62. The summed E-state index contributed by atoms with van der Waals surface area (Å²) in [4.78, 5) is 29.5. The number of carbonyl (C=O) groups excluding carboxylic acids is 1. The maximum absolute atomic E-state index is 11.7. The number of carbonyl (C=O) groups is 1. The molecule has 9 nitrogen and oxygen atoms in total. The lowest BCUT2D eigenvalue weighted by molar-refractivity contribution is -0.143. The Labute approximate surface area is 235 Å². The summed E-state index contributed by atoms with van der Waals surface area (Å²) in [6.07, 6.45) is 16.0. The molecule has 2 aliphatic heterocycles. The number of aromatic nitrogens is 4. The van der Waals surface area contributed by atoms with Crippen LogP contribution in [0.2, 0.25) is 0 Å². The number of ether oxygens (including phenoxy) is 1. The molecular formula is C30H51N7O2. The van der Waals surface area contributed by atoms with Crippen LogP contribution < -0.4 is 5.32 Å². The second kappa shape index (κ2) is 15.0. The second-order valence-corrected chi connectivity index (χ2v) is 12.1. The Balaban J connectivity index is 1.21. The molecule has 0 aromatic carbocycles. The number of unbranched alkanes of at least 4 members (excludes halogenated alkanes) is 1. The summed E-state index contributed by atoms with van der Waals surface area (Å²) < 4.78 is 7.36.